The Kier molecular flexibility index (Phi) is 6.71. The van der Waals surface area contributed by atoms with E-state index >= 15 is 0 Å². The van der Waals surface area contributed by atoms with Gasteiger partial charge in [0, 0.05) is 41.2 Å². The molecule has 1 aromatic carbocycles. The average molecular weight is 512 g/mol. The first-order valence-electron chi connectivity index (χ1n) is 13.0. The quantitative estimate of drug-likeness (QED) is 0.530. The molecule has 36 heavy (non-hydrogen) atoms. The molecule has 0 radical (unpaired) electrons. The molecule has 4 aliphatic carbocycles. The Morgan fingerprint density at radius 2 is 1.83 bits per heavy atom. The highest BCUT2D eigenvalue weighted by molar-refractivity contribution is 6.31. The summed E-state index contributed by atoms with van der Waals surface area (Å²) in [6, 6.07) is 7.59. The van der Waals surface area contributed by atoms with Gasteiger partial charge in [0.25, 0.3) is 0 Å². The van der Waals surface area contributed by atoms with Crippen LogP contribution >= 0.6 is 11.6 Å². The molecule has 4 bridgehead atoms. The van der Waals surface area contributed by atoms with Gasteiger partial charge in [0.05, 0.1) is 6.04 Å². The molecule has 5 nitrogen and oxygen atoms in total. The summed E-state index contributed by atoms with van der Waals surface area (Å²) >= 11 is 6.28. The molecule has 1 heterocycles. The molecular weight excluding hydrogens is 477 g/mol. The number of halogens is 2. The topological polar surface area (TPSA) is 85.1 Å². The minimum absolute atomic E-state index is 0.0981. The molecule has 4 fully saturated rings. The number of nitrogens with zero attached hydrogens (tertiary/aromatic N) is 1. The molecule has 3 atom stereocenters. The van der Waals surface area contributed by atoms with Crippen LogP contribution in [-0.4, -0.2) is 29.3 Å². The number of Topliss-reactive ketones (excluding diaryl/α,β-unsaturated/α-hetero) is 1. The lowest BCUT2D eigenvalue weighted by Gasteiger charge is -2.60. The Morgan fingerprint density at radius 1 is 1.17 bits per heavy atom. The Morgan fingerprint density at radius 3 is 2.47 bits per heavy atom. The second-order valence-corrected chi connectivity index (χ2v) is 12.4. The highest BCUT2D eigenvalue weighted by atomic mass is 35.5. The molecule has 1 amide bonds. The predicted octanol–water partition coefficient (Wildman–Crippen LogP) is 4.85. The zero-order valence-corrected chi connectivity index (χ0v) is 21.7. The van der Waals surface area contributed by atoms with Gasteiger partial charge in [-0.15, -0.1) is 0 Å². The standard InChI is InChI=1S/C29H35ClFN3O2/c1-28(2,22-4-3-21(31)12-23(22)30)16-34-27(36)26(32)25-19-9-18-10-20(25)15-29(13-18,14-19)24(35)11-17-5-7-33-8-6-17/h3-8,12,18-20,25-26H,9-11,13-16,32H2,1-2H3,(H,34,36). The van der Waals surface area contributed by atoms with E-state index in [0.717, 1.165) is 43.2 Å². The normalized spacial score (nSPS) is 29.7. The van der Waals surface area contributed by atoms with Crippen LogP contribution in [0.4, 0.5) is 4.39 Å². The SMILES string of the molecule is CC(C)(CNC(=O)C(N)C1C2CC3CC1CC(C(=O)Cc1ccncc1)(C3)C2)c1ccc(F)cc1Cl. The third kappa shape index (κ3) is 4.70. The monoisotopic (exact) mass is 511 g/mol. The number of nitrogens with one attached hydrogen (secondary N) is 1. The molecule has 3 unspecified atom stereocenters. The van der Waals surface area contributed by atoms with E-state index in [0.29, 0.717) is 41.5 Å². The number of hydrogen-bond donors (Lipinski definition) is 2. The maximum Gasteiger partial charge on any atom is 0.237 e. The van der Waals surface area contributed by atoms with Gasteiger partial charge in [-0.05, 0) is 91.2 Å². The van der Waals surface area contributed by atoms with Crippen molar-refractivity contribution in [3.05, 3.63) is 64.7 Å². The number of nitrogens with two attached hydrogens (primary N) is 1. The number of aromatic nitrogens is 1. The smallest absolute Gasteiger partial charge is 0.237 e. The van der Waals surface area contributed by atoms with E-state index in [4.69, 9.17) is 17.3 Å². The number of benzene rings is 1. The molecule has 3 N–H and O–H groups in total. The second-order valence-electron chi connectivity index (χ2n) is 12.0. The summed E-state index contributed by atoms with van der Waals surface area (Å²) in [4.78, 5) is 30.8. The second kappa shape index (κ2) is 9.53. The first-order valence-corrected chi connectivity index (χ1v) is 13.4. The van der Waals surface area contributed by atoms with E-state index in [1.165, 1.54) is 12.1 Å². The molecule has 2 aromatic rings. The van der Waals surface area contributed by atoms with E-state index in [1.807, 2.05) is 26.0 Å². The molecular formula is C29H35ClFN3O2. The minimum atomic E-state index is -0.605. The van der Waals surface area contributed by atoms with Gasteiger partial charge in [-0.3, -0.25) is 14.6 Å². The Balaban J connectivity index is 1.25. The number of pyridine rings is 1. The van der Waals surface area contributed by atoms with Gasteiger partial charge in [0.15, 0.2) is 0 Å². The fourth-order valence-electron chi connectivity index (χ4n) is 7.60. The van der Waals surface area contributed by atoms with Gasteiger partial charge in [-0.1, -0.05) is 31.5 Å². The Hall–Kier alpha value is -2.31. The van der Waals surface area contributed by atoms with Crippen molar-refractivity contribution in [3.63, 3.8) is 0 Å². The molecule has 0 saturated heterocycles. The molecule has 4 aliphatic rings. The first-order chi connectivity index (χ1) is 17.1. The number of hydrogen-bond acceptors (Lipinski definition) is 4. The van der Waals surface area contributed by atoms with Gasteiger partial charge in [0.1, 0.15) is 11.6 Å². The zero-order valence-electron chi connectivity index (χ0n) is 21.0. The van der Waals surface area contributed by atoms with E-state index in [9.17, 15) is 14.0 Å². The number of carbonyl (C=O) groups excluding carboxylic acids is 2. The van der Waals surface area contributed by atoms with Gasteiger partial charge < -0.3 is 11.1 Å². The summed E-state index contributed by atoms with van der Waals surface area (Å²) in [6.07, 6.45) is 8.70. The minimum Gasteiger partial charge on any atom is -0.354 e. The summed E-state index contributed by atoms with van der Waals surface area (Å²) in [5, 5.41) is 3.40. The van der Waals surface area contributed by atoms with Gasteiger partial charge >= 0.3 is 0 Å². The molecule has 6 rings (SSSR count). The van der Waals surface area contributed by atoms with Crippen molar-refractivity contribution >= 4 is 23.3 Å². The molecule has 0 spiro atoms. The molecule has 192 valence electrons. The van der Waals surface area contributed by atoms with E-state index in [-0.39, 0.29) is 23.1 Å². The highest BCUT2D eigenvalue weighted by Crippen LogP contribution is 2.63. The van der Waals surface area contributed by atoms with E-state index in [2.05, 4.69) is 10.3 Å². The van der Waals surface area contributed by atoms with Crippen molar-refractivity contribution in [1.82, 2.24) is 10.3 Å². The zero-order chi connectivity index (χ0) is 25.7. The van der Waals surface area contributed by atoms with Crippen LogP contribution in [0, 0.1) is 34.9 Å². The third-order valence-corrected chi connectivity index (χ3v) is 9.45. The molecule has 4 saturated carbocycles. The van der Waals surface area contributed by atoms with Gasteiger partial charge in [-0.25, -0.2) is 4.39 Å². The third-order valence-electron chi connectivity index (χ3n) is 9.13. The summed E-state index contributed by atoms with van der Waals surface area (Å²) in [5.41, 5.74) is 7.67. The lowest BCUT2D eigenvalue weighted by atomic mass is 9.44. The average Bonchev–Trinajstić information content (AvgIpc) is 2.82. The number of rotatable bonds is 8. The summed E-state index contributed by atoms with van der Waals surface area (Å²) in [5.74, 6) is 1.05. The number of amides is 1. The van der Waals surface area contributed by atoms with Crippen molar-refractivity contribution in [2.45, 2.75) is 63.8 Å². The maximum absolute atomic E-state index is 13.5. The predicted molar refractivity (Wildman–Crippen MR) is 138 cm³/mol. The first kappa shape index (κ1) is 25.3. The van der Waals surface area contributed by atoms with Crippen LogP contribution in [0.1, 0.15) is 57.1 Å². The maximum atomic E-state index is 13.5. The van der Waals surface area contributed by atoms with Gasteiger partial charge in [-0.2, -0.15) is 0 Å². The number of ketones is 1. The lowest BCUT2D eigenvalue weighted by molar-refractivity contribution is -0.153. The lowest BCUT2D eigenvalue weighted by Crippen LogP contribution is -2.61. The fourth-order valence-corrected chi connectivity index (χ4v) is 8.02. The molecule has 0 aliphatic heterocycles. The van der Waals surface area contributed by atoms with Crippen LogP contribution in [0.2, 0.25) is 5.02 Å². The van der Waals surface area contributed by atoms with Crippen molar-refractivity contribution in [3.8, 4) is 0 Å². The Bertz CT molecular complexity index is 1140. The molecule has 7 heteroatoms. The molecule has 1 aromatic heterocycles. The summed E-state index contributed by atoms with van der Waals surface area (Å²) < 4.78 is 13.5. The van der Waals surface area contributed by atoms with Crippen LogP contribution in [0.15, 0.2) is 42.7 Å². The van der Waals surface area contributed by atoms with E-state index < -0.39 is 11.5 Å². The van der Waals surface area contributed by atoms with Gasteiger partial charge in [0.2, 0.25) is 5.91 Å². The van der Waals surface area contributed by atoms with E-state index in [1.54, 1.807) is 18.5 Å². The summed E-state index contributed by atoms with van der Waals surface area (Å²) in [7, 11) is 0. The number of carbonyl (C=O) groups is 2. The van der Waals surface area contributed by atoms with Crippen LogP contribution in [0.3, 0.4) is 0 Å². The van der Waals surface area contributed by atoms with Crippen molar-refractivity contribution in [2.75, 3.05) is 6.54 Å². The highest BCUT2D eigenvalue weighted by Gasteiger charge is 2.59. The largest absolute Gasteiger partial charge is 0.354 e. The van der Waals surface area contributed by atoms with Crippen molar-refractivity contribution in [2.24, 2.45) is 34.8 Å². The Labute approximate surface area is 217 Å². The summed E-state index contributed by atoms with van der Waals surface area (Å²) in [6.45, 7) is 4.29. The van der Waals surface area contributed by atoms with Crippen LogP contribution in [-0.2, 0) is 21.4 Å². The van der Waals surface area contributed by atoms with Crippen molar-refractivity contribution < 1.29 is 14.0 Å². The van der Waals surface area contributed by atoms with Crippen LogP contribution < -0.4 is 11.1 Å². The van der Waals surface area contributed by atoms with Crippen LogP contribution in [0.25, 0.3) is 0 Å². The van der Waals surface area contributed by atoms with Crippen LogP contribution in [0.5, 0.6) is 0 Å². The fraction of sp³-hybridized carbons (Fsp3) is 0.552. The van der Waals surface area contributed by atoms with Crippen molar-refractivity contribution in [1.29, 1.82) is 0 Å².